The van der Waals surface area contributed by atoms with Crippen molar-refractivity contribution in [2.75, 3.05) is 18.4 Å². The first-order valence-corrected chi connectivity index (χ1v) is 8.77. The fraction of sp³-hybridized carbons (Fsp3) is 0.421. The molecule has 1 unspecified atom stereocenters. The van der Waals surface area contributed by atoms with E-state index in [1.54, 1.807) is 17.3 Å². The summed E-state index contributed by atoms with van der Waals surface area (Å²) in [7, 11) is 0. The second-order valence-electron chi connectivity index (χ2n) is 6.35. The Morgan fingerprint density at radius 1 is 1.24 bits per heavy atom. The van der Waals surface area contributed by atoms with Gasteiger partial charge in [0, 0.05) is 19.5 Å². The van der Waals surface area contributed by atoms with E-state index in [-0.39, 0.29) is 11.9 Å². The number of rotatable bonds is 4. The minimum atomic E-state index is -0.471. The Morgan fingerprint density at radius 2 is 1.88 bits per heavy atom. The molecule has 3 rings (SSSR count). The van der Waals surface area contributed by atoms with Gasteiger partial charge in [0.05, 0.1) is 24.2 Å². The Labute approximate surface area is 147 Å². The summed E-state index contributed by atoms with van der Waals surface area (Å²) in [6.45, 7) is 3.25. The van der Waals surface area contributed by atoms with Crippen LogP contribution >= 0.6 is 0 Å². The summed E-state index contributed by atoms with van der Waals surface area (Å²) >= 11 is 0. The van der Waals surface area contributed by atoms with Crippen molar-refractivity contribution < 1.29 is 9.90 Å². The summed E-state index contributed by atoms with van der Waals surface area (Å²) in [6.07, 6.45) is 5.14. The van der Waals surface area contributed by atoms with Crippen LogP contribution in [0.4, 0.5) is 10.5 Å². The minimum Gasteiger partial charge on any atom is -0.388 e. The highest BCUT2D eigenvalue weighted by atomic mass is 16.3. The molecule has 132 valence electrons. The molecule has 2 amide bonds. The number of amides is 2. The summed E-state index contributed by atoms with van der Waals surface area (Å²) in [6, 6.07) is 9.58. The number of benzene rings is 1. The average molecular weight is 340 g/mol. The molecule has 0 aliphatic carbocycles. The highest BCUT2D eigenvalue weighted by Crippen LogP contribution is 2.30. The van der Waals surface area contributed by atoms with E-state index in [2.05, 4.69) is 15.3 Å². The van der Waals surface area contributed by atoms with Gasteiger partial charge in [0.25, 0.3) is 0 Å². The standard InChI is InChI=1S/C19H24N4O2/c1-2-17-20-12-16(13-21-17)22-19(25)23-10-8-15(9-11-23)18(24)14-6-4-3-5-7-14/h3-7,12-13,15,18,24H,2,8-11H2,1H3,(H,22,25). The van der Waals surface area contributed by atoms with Crippen molar-refractivity contribution in [3.8, 4) is 0 Å². The van der Waals surface area contributed by atoms with E-state index in [4.69, 9.17) is 0 Å². The summed E-state index contributed by atoms with van der Waals surface area (Å²) in [5.74, 6) is 0.937. The molecule has 1 atom stereocenters. The number of nitrogens with one attached hydrogen (secondary N) is 1. The van der Waals surface area contributed by atoms with Gasteiger partial charge in [-0.2, -0.15) is 0 Å². The van der Waals surface area contributed by atoms with Crippen LogP contribution in [0.1, 0.15) is 37.3 Å². The Balaban J connectivity index is 1.52. The number of aliphatic hydroxyl groups excluding tert-OH is 1. The maximum absolute atomic E-state index is 12.4. The van der Waals surface area contributed by atoms with Gasteiger partial charge in [0.1, 0.15) is 5.82 Å². The van der Waals surface area contributed by atoms with Crippen molar-refractivity contribution in [3.05, 3.63) is 54.1 Å². The fourth-order valence-electron chi connectivity index (χ4n) is 3.15. The van der Waals surface area contributed by atoms with Crippen LogP contribution in [-0.4, -0.2) is 39.1 Å². The normalized spacial score (nSPS) is 16.5. The van der Waals surface area contributed by atoms with Crippen LogP contribution < -0.4 is 5.32 Å². The van der Waals surface area contributed by atoms with Crippen molar-refractivity contribution in [2.24, 2.45) is 5.92 Å². The Hall–Kier alpha value is -2.47. The molecule has 2 aromatic rings. The molecule has 1 aromatic heterocycles. The first kappa shape index (κ1) is 17.4. The lowest BCUT2D eigenvalue weighted by Crippen LogP contribution is -2.42. The van der Waals surface area contributed by atoms with Crippen LogP contribution in [0.5, 0.6) is 0 Å². The van der Waals surface area contributed by atoms with Crippen molar-refractivity contribution in [2.45, 2.75) is 32.3 Å². The van der Waals surface area contributed by atoms with E-state index in [1.807, 2.05) is 37.3 Å². The smallest absolute Gasteiger partial charge is 0.321 e. The molecule has 0 radical (unpaired) electrons. The molecule has 0 saturated carbocycles. The first-order valence-electron chi connectivity index (χ1n) is 8.77. The number of carbonyl (C=O) groups excluding carboxylic acids is 1. The van der Waals surface area contributed by atoms with E-state index >= 15 is 0 Å². The number of aryl methyl sites for hydroxylation is 1. The molecule has 25 heavy (non-hydrogen) atoms. The Kier molecular flexibility index (Phi) is 5.60. The predicted octanol–water partition coefficient (Wildman–Crippen LogP) is 3.02. The lowest BCUT2D eigenvalue weighted by atomic mass is 9.87. The Bertz CT molecular complexity index is 682. The van der Waals surface area contributed by atoms with Crippen LogP contribution in [0.15, 0.2) is 42.7 Å². The van der Waals surface area contributed by atoms with Crippen LogP contribution in [0.3, 0.4) is 0 Å². The van der Waals surface area contributed by atoms with Crippen LogP contribution in [-0.2, 0) is 6.42 Å². The van der Waals surface area contributed by atoms with Gasteiger partial charge >= 0.3 is 6.03 Å². The molecule has 1 aliphatic rings. The number of piperidine rings is 1. The summed E-state index contributed by atoms with van der Waals surface area (Å²) < 4.78 is 0. The van der Waals surface area contributed by atoms with Gasteiger partial charge in [-0.15, -0.1) is 0 Å². The number of aliphatic hydroxyl groups is 1. The Morgan fingerprint density at radius 3 is 2.48 bits per heavy atom. The maximum atomic E-state index is 12.4. The molecule has 6 nitrogen and oxygen atoms in total. The van der Waals surface area contributed by atoms with Crippen LogP contribution in [0.2, 0.25) is 0 Å². The summed E-state index contributed by atoms with van der Waals surface area (Å²) in [5.41, 5.74) is 1.55. The van der Waals surface area contributed by atoms with Crippen molar-refractivity contribution in [1.29, 1.82) is 0 Å². The predicted molar refractivity (Wildman–Crippen MR) is 96.1 cm³/mol. The van der Waals surface area contributed by atoms with Gasteiger partial charge < -0.3 is 15.3 Å². The maximum Gasteiger partial charge on any atom is 0.321 e. The molecular formula is C19H24N4O2. The second-order valence-corrected chi connectivity index (χ2v) is 6.35. The lowest BCUT2D eigenvalue weighted by molar-refractivity contribution is 0.0683. The quantitative estimate of drug-likeness (QED) is 0.897. The number of likely N-dealkylation sites (tertiary alicyclic amines) is 1. The van der Waals surface area contributed by atoms with Gasteiger partial charge in [-0.05, 0) is 24.3 Å². The molecule has 1 aromatic carbocycles. The third-order valence-corrected chi connectivity index (χ3v) is 4.69. The molecule has 1 aliphatic heterocycles. The van der Waals surface area contributed by atoms with Gasteiger partial charge in [-0.3, -0.25) is 0 Å². The molecule has 2 N–H and O–H groups in total. The topological polar surface area (TPSA) is 78.4 Å². The number of anilines is 1. The van der Waals surface area contributed by atoms with Crippen molar-refractivity contribution >= 4 is 11.7 Å². The molecule has 1 saturated heterocycles. The summed E-state index contributed by atoms with van der Waals surface area (Å²) in [5, 5.41) is 13.4. The highest BCUT2D eigenvalue weighted by Gasteiger charge is 2.28. The zero-order valence-corrected chi connectivity index (χ0v) is 14.4. The monoisotopic (exact) mass is 340 g/mol. The third-order valence-electron chi connectivity index (χ3n) is 4.69. The lowest BCUT2D eigenvalue weighted by Gasteiger charge is -2.34. The fourth-order valence-corrected chi connectivity index (χ4v) is 3.15. The van der Waals surface area contributed by atoms with Gasteiger partial charge in [0.15, 0.2) is 0 Å². The summed E-state index contributed by atoms with van der Waals surface area (Å²) in [4.78, 5) is 22.5. The van der Waals surface area contributed by atoms with Crippen molar-refractivity contribution in [1.82, 2.24) is 14.9 Å². The first-order chi connectivity index (χ1) is 12.2. The average Bonchev–Trinajstić information content (AvgIpc) is 2.69. The van der Waals surface area contributed by atoms with Gasteiger partial charge in [-0.1, -0.05) is 37.3 Å². The zero-order valence-electron chi connectivity index (χ0n) is 14.4. The van der Waals surface area contributed by atoms with E-state index in [0.29, 0.717) is 18.8 Å². The van der Waals surface area contributed by atoms with E-state index in [0.717, 1.165) is 30.7 Å². The number of urea groups is 1. The minimum absolute atomic E-state index is 0.138. The van der Waals surface area contributed by atoms with Crippen LogP contribution in [0, 0.1) is 5.92 Å². The second kappa shape index (κ2) is 8.07. The van der Waals surface area contributed by atoms with Gasteiger partial charge in [-0.25, -0.2) is 14.8 Å². The van der Waals surface area contributed by atoms with Crippen molar-refractivity contribution in [3.63, 3.8) is 0 Å². The van der Waals surface area contributed by atoms with Gasteiger partial charge in [0.2, 0.25) is 0 Å². The van der Waals surface area contributed by atoms with E-state index < -0.39 is 6.10 Å². The molecular weight excluding hydrogens is 316 g/mol. The van der Waals surface area contributed by atoms with E-state index in [9.17, 15) is 9.90 Å². The number of hydrogen-bond donors (Lipinski definition) is 2. The number of aromatic nitrogens is 2. The molecule has 6 heteroatoms. The highest BCUT2D eigenvalue weighted by molar-refractivity contribution is 5.88. The molecule has 0 bridgehead atoms. The van der Waals surface area contributed by atoms with Crippen LogP contribution in [0.25, 0.3) is 0 Å². The zero-order chi connectivity index (χ0) is 17.6. The number of carbonyl (C=O) groups is 1. The largest absolute Gasteiger partial charge is 0.388 e. The number of hydrogen-bond acceptors (Lipinski definition) is 4. The third kappa shape index (κ3) is 4.33. The SMILES string of the molecule is CCc1ncc(NC(=O)N2CCC(C(O)c3ccccc3)CC2)cn1. The number of nitrogens with zero attached hydrogens (tertiary/aromatic N) is 3. The molecule has 1 fully saturated rings. The van der Waals surface area contributed by atoms with E-state index in [1.165, 1.54) is 0 Å². The molecule has 0 spiro atoms. The molecule has 2 heterocycles.